The molecule has 1 fully saturated rings. The van der Waals surface area contributed by atoms with Crippen LogP contribution in [0.25, 0.3) is 0 Å². The summed E-state index contributed by atoms with van der Waals surface area (Å²) in [7, 11) is 0. The maximum Gasteiger partial charge on any atom is 0.0748 e. The third-order valence-corrected chi connectivity index (χ3v) is 3.45. The highest BCUT2D eigenvalue weighted by Gasteiger charge is 2.18. The molecular weight excluding hydrogens is 224 g/mol. The Morgan fingerprint density at radius 2 is 2.11 bits per heavy atom. The summed E-state index contributed by atoms with van der Waals surface area (Å²) in [6.45, 7) is 7.05. The number of benzene rings is 1. The van der Waals surface area contributed by atoms with Crippen LogP contribution in [-0.2, 0) is 11.2 Å². The molecule has 1 aliphatic heterocycles. The van der Waals surface area contributed by atoms with E-state index in [4.69, 9.17) is 10.5 Å². The van der Waals surface area contributed by atoms with Gasteiger partial charge in [-0.2, -0.15) is 0 Å². The molecule has 0 spiro atoms. The van der Waals surface area contributed by atoms with Crippen molar-refractivity contribution in [2.75, 3.05) is 24.6 Å². The number of ether oxygens (including phenoxy) is 1. The molecular formula is C15H24N2O. The van der Waals surface area contributed by atoms with Crippen LogP contribution in [0.3, 0.4) is 0 Å². The molecule has 0 bridgehead atoms. The summed E-state index contributed by atoms with van der Waals surface area (Å²) < 4.78 is 5.70. The van der Waals surface area contributed by atoms with Crippen molar-refractivity contribution in [2.24, 2.45) is 5.73 Å². The number of hydrogen-bond donors (Lipinski definition) is 1. The summed E-state index contributed by atoms with van der Waals surface area (Å²) in [5, 5.41) is 0. The Kier molecular flexibility index (Phi) is 4.61. The molecule has 2 rings (SSSR count). The first-order valence-electron chi connectivity index (χ1n) is 6.90. The molecule has 0 aliphatic carbocycles. The normalized spacial score (nSPS) is 21.9. The zero-order valence-corrected chi connectivity index (χ0v) is 11.4. The predicted octanol–water partition coefficient (Wildman–Crippen LogP) is 2.19. The van der Waals surface area contributed by atoms with Crippen LogP contribution in [0.4, 0.5) is 5.69 Å². The molecule has 0 saturated carbocycles. The molecule has 3 nitrogen and oxygen atoms in total. The van der Waals surface area contributed by atoms with Gasteiger partial charge in [0.05, 0.1) is 12.7 Å². The van der Waals surface area contributed by atoms with Gasteiger partial charge in [-0.25, -0.2) is 0 Å². The maximum absolute atomic E-state index is 5.81. The summed E-state index contributed by atoms with van der Waals surface area (Å²) in [6, 6.07) is 9.01. The summed E-state index contributed by atoms with van der Waals surface area (Å²) in [5.41, 5.74) is 8.42. The van der Waals surface area contributed by atoms with Gasteiger partial charge in [-0.05, 0) is 37.5 Å². The zero-order chi connectivity index (χ0) is 13.0. The second kappa shape index (κ2) is 6.21. The topological polar surface area (TPSA) is 38.5 Å². The van der Waals surface area contributed by atoms with Crippen molar-refractivity contribution in [3.05, 3.63) is 29.8 Å². The Hall–Kier alpha value is -1.06. The average molecular weight is 248 g/mol. The second-order valence-electron chi connectivity index (χ2n) is 5.19. The molecule has 1 aromatic rings. The van der Waals surface area contributed by atoms with E-state index in [1.807, 2.05) is 6.92 Å². The fourth-order valence-corrected chi connectivity index (χ4v) is 2.42. The SMILES string of the molecule is CCC1CN(c2ccc(CC(C)N)cc2)CCO1. The molecule has 1 aromatic carbocycles. The molecule has 2 unspecified atom stereocenters. The van der Waals surface area contributed by atoms with E-state index in [1.54, 1.807) is 0 Å². The second-order valence-corrected chi connectivity index (χ2v) is 5.19. The van der Waals surface area contributed by atoms with Crippen molar-refractivity contribution in [2.45, 2.75) is 38.8 Å². The minimum Gasteiger partial charge on any atom is -0.375 e. The van der Waals surface area contributed by atoms with Crippen LogP contribution in [0.1, 0.15) is 25.8 Å². The molecule has 18 heavy (non-hydrogen) atoms. The number of anilines is 1. The van der Waals surface area contributed by atoms with E-state index in [1.165, 1.54) is 11.3 Å². The van der Waals surface area contributed by atoms with Crippen LogP contribution < -0.4 is 10.6 Å². The minimum atomic E-state index is 0.226. The van der Waals surface area contributed by atoms with Gasteiger partial charge < -0.3 is 15.4 Å². The number of rotatable bonds is 4. The lowest BCUT2D eigenvalue weighted by Crippen LogP contribution is -2.42. The van der Waals surface area contributed by atoms with Crippen LogP contribution in [-0.4, -0.2) is 31.8 Å². The fraction of sp³-hybridized carbons (Fsp3) is 0.600. The average Bonchev–Trinajstić information content (AvgIpc) is 2.39. The third kappa shape index (κ3) is 3.47. The molecule has 3 heteroatoms. The van der Waals surface area contributed by atoms with E-state index in [0.29, 0.717) is 6.10 Å². The number of nitrogens with two attached hydrogens (primary N) is 1. The predicted molar refractivity (Wildman–Crippen MR) is 76.0 cm³/mol. The molecule has 100 valence electrons. The van der Waals surface area contributed by atoms with Gasteiger partial charge in [-0.3, -0.25) is 0 Å². The van der Waals surface area contributed by atoms with Crippen molar-refractivity contribution in [3.8, 4) is 0 Å². The van der Waals surface area contributed by atoms with E-state index >= 15 is 0 Å². The Labute approximate surface area is 110 Å². The van der Waals surface area contributed by atoms with E-state index in [2.05, 4.69) is 36.1 Å². The summed E-state index contributed by atoms with van der Waals surface area (Å²) in [5.74, 6) is 0. The first-order chi connectivity index (χ1) is 8.69. The number of morpholine rings is 1. The summed E-state index contributed by atoms with van der Waals surface area (Å²) in [4.78, 5) is 2.41. The van der Waals surface area contributed by atoms with Gasteiger partial charge in [-0.1, -0.05) is 19.1 Å². The van der Waals surface area contributed by atoms with Crippen LogP contribution in [0.2, 0.25) is 0 Å². The molecule has 0 aromatic heterocycles. The van der Waals surface area contributed by atoms with Crippen molar-refractivity contribution in [3.63, 3.8) is 0 Å². The molecule has 1 saturated heterocycles. The van der Waals surface area contributed by atoms with Gasteiger partial charge >= 0.3 is 0 Å². The maximum atomic E-state index is 5.81. The highest BCUT2D eigenvalue weighted by Crippen LogP contribution is 2.19. The van der Waals surface area contributed by atoms with E-state index in [9.17, 15) is 0 Å². The van der Waals surface area contributed by atoms with Crippen LogP contribution >= 0.6 is 0 Å². The quantitative estimate of drug-likeness (QED) is 0.887. The molecule has 2 atom stereocenters. The van der Waals surface area contributed by atoms with Crippen molar-refractivity contribution >= 4 is 5.69 Å². The summed E-state index contributed by atoms with van der Waals surface area (Å²) in [6.07, 6.45) is 2.41. The van der Waals surface area contributed by atoms with Crippen molar-refractivity contribution in [1.82, 2.24) is 0 Å². The van der Waals surface area contributed by atoms with Gasteiger partial charge in [0, 0.05) is 24.8 Å². The zero-order valence-electron chi connectivity index (χ0n) is 11.4. The van der Waals surface area contributed by atoms with Crippen LogP contribution in [0, 0.1) is 0 Å². The summed E-state index contributed by atoms with van der Waals surface area (Å²) >= 11 is 0. The standard InChI is InChI=1S/C15H24N2O/c1-3-15-11-17(8-9-18-15)14-6-4-13(5-7-14)10-12(2)16/h4-7,12,15H,3,8-11,16H2,1-2H3. The first-order valence-corrected chi connectivity index (χ1v) is 6.90. The van der Waals surface area contributed by atoms with Gasteiger partial charge in [0.2, 0.25) is 0 Å². The first kappa shape index (κ1) is 13.4. The van der Waals surface area contributed by atoms with Crippen LogP contribution in [0.5, 0.6) is 0 Å². The smallest absolute Gasteiger partial charge is 0.0748 e. The molecule has 0 radical (unpaired) electrons. The number of hydrogen-bond acceptors (Lipinski definition) is 3. The largest absolute Gasteiger partial charge is 0.375 e. The lowest BCUT2D eigenvalue weighted by atomic mass is 10.1. The van der Waals surface area contributed by atoms with E-state index < -0.39 is 0 Å². The minimum absolute atomic E-state index is 0.226. The van der Waals surface area contributed by atoms with Crippen molar-refractivity contribution in [1.29, 1.82) is 0 Å². The monoisotopic (exact) mass is 248 g/mol. The van der Waals surface area contributed by atoms with Crippen LogP contribution in [0.15, 0.2) is 24.3 Å². The number of nitrogens with zero attached hydrogens (tertiary/aromatic N) is 1. The highest BCUT2D eigenvalue weighted by molar-refractivity contribution is 5.48. The Bertz CT molecular complexity index is 361. The lowest BCUT2D eigenvalue weighted by molar-refractivity contribution is 0.0384. The Morgan fingerprint density at radius 3 is 2.72 bits per heavy atom. The molecule has 2 N–H and O–H groups in total. The Morgan fingerprint density at radius 1 is 1.39 bits per heavy atom. The third-order valence-electron chi connectivity index (χ3n) is 3.45. The van der Waals surface area contributed by atoms with E-state index in [0.717, 1.165) is 32.5 Å². The van der Waals surface area contributed by atoms with Crippen molar-refractivity contribution < 1.29 is 4.74 Å². The van der Waals surface area contributed by atoms with Gasteiger partial charge in [-0.15, -0.1) is 0 Å². The lowest BCUT2D eigenvalue weighted by Gasteiger charge is -2.34. The fourth-order valence-electron chi connectivity index (χ4n) is 2.42. The van der Waals surface area contributed by atoms with E-state index in [-0.39, 0.29) is 6.04 Å². The molecule has 1 heterocycles. The van der Waals surface area contributed by atoms with Gasteiger partial charge in [0.1, 0.15) is 0 Å². The van der Waals surface area contributed by atoms with Gasteiger partial charge in [0.15, 0.2) is 0 Å². The van der Waals surface area contributed by atoms with Gasteiger partial charge in [0.25, 0.3) is 0 Å². The molecule has 0 amide bonds. The Balaban J connectivity index is 2.00. The molecule has 1 aliphatic rings. The highest BCUT2D eigenvalue weighted by atomic mass is 16.5.